The Morgan fingerprint density at radius 2 is 2.00 bits per heavy atom. The molecule has 144 valence electrons. The van der Waals surface area contributed by atoms with Gasteiger partial charge in [-0.2, -0.15) is 0 Å². The van der Waals surface area contributed by atoms with Crippen molar-refractivity contribution in [3.63, 3.8) is 0 Å². The van der Waals surface area contributed by atoms with Gasteiger partial charge in [-0.3, -0.25) is 9.69 Å². The van der Waals surface area contributed by atoms with E-state index in [1.54, 1.807) is 19.2 Å². The summed E-state index contributed by atoms with van der Waals surface area (Å²) in [6.45, 7) is 1.81. The second-order valence-corrected chi connectivity index (χ2v) is 8.98. The summed E-state index contributed by atoms with van der Waals surface area (Å²) in [6.07, 6.45) is -0.147. The number of carboxylic acids is 1. The summed E-state index contributed by atoms with van der Waals surface area (Å²) >= 11 is 0. The van der Waals surface area contributed by atoms with Gasteiger partial charge in [0.25, 0.3) is 0 Å². The minimum absolute atomic E-state index is 0.0919. The highest BCUT2D eigenvalue weighted by molar-refractivity contribution is 7.92. The molecule has 1 aromatic carbocycles. The number of methoxy groups -OCH3 is 1. The molecule has 0 spiro atoms. The number of amides is 1. The molecule has 0 radical (unpaired) electrons. The van der Waals surface area contributed by atoms with E-state index in [0.717, 1.165) is 25.2 Å². The first-order chi connectivity index (χ1) is 12.1. The minimum atomic E-state index is -3.89. The van der Waals surface area contributed by atoms with Crippen molar-refractivity contribution in [2.75, 3.05) is 31.4 Å². The number of benzene rings is 1. The minimum Gasteiger partial charge on any atom is -0.480 e. The van der Waals surface area contributed by atoms with Crippen molar-refractivity contribution in [2.45, 2.75) is 30.6 Å². The molecule has 26 heavy (non-hydrogen) atoms. The lowest BCUT2D eigenvalue weighted by Gasteiger charge is -2.24. The summed E-state index contributed by atoms with van der Waals surface area (Å²) in [4.78, 5) is 25.0. The van der Waals surface area contributed by atoms with E-state index in [1.807, 2.05) is 12.1 Å². The molecule has 1 aliphatic rings. The Bertz CT molecular complexity index is 775. The Balaban J connectivity index is 2.12. The van der Waals surface area contributed by atoms with E-state index in [4.69, 9.17) is 9.47 Å². The Hall–Kier alpha value is -2.13. The lowest BCUT2D eigenvalue weighted by atomic mass is 10.0. The molecule has 1 amide bonds. The zero-order valence-corrected chi connectivity index (χ0v) is 15.8. The molecular weight excluding hydrogens is 362 g/mol. The third kappa shape index (κ3) is 4.16. The van der Waals surface area contributed by atoms with Crippen LogP contribution in [0.3, 0.4) is 0 Å². The van der Waals surface area contributed by atoms with Crippen LogP contribution >= 0.6 is 0 Å². The summed E-state index contributed by atoms with van der Waals surface area (Å²) in [5.74, 6) is -1.46. The molecule has 9 heteroatoms. The van der Waals surface area contributed by atoms with E-state index in [0.29, 0.717) is 12.3 Å². The SMILES string of the molecule is COCCc1ccc(N2C[C@H](CC(C)(C(=O)O)S(C)(=O)=O)OC2=O)cc1. The average Bonchev–Trinajstić information content (AvgIpc) is 2.92. The second-order valence-electron chi connectivity index (χ2n) is 6.54. The van der Waals surface area contributed by atoms with E-state index < -0.39 is 32.8 Å². The van der Waals surface area contributed by atoms with E-state index in [-0.39, 0.29) is 13.0 Å². The van der Waals surface area contributed by atoms with Crippen LogP contribution in [-0.4, -0.2) is 63.0 Å². The van der Waals surface area contributed by atoms with Crippen LogP contribution in [0.25, 0.3) is 0 Å². The van der Waals surface area contributed by atoms with Crippen molar-refractivity contribution in [1.29, 1.82) is 0 Å². The zero-order valence-electron chi connectivity index (χ0n) is 15.0. The number of nitrogens with zero attached hydrogens (tertiary/aromatic N) is 1. The molecule has 2 atom stereocenters. The highest BCUT2D eigenvalue weighted by Gasteiger charge is 2.48. The maximum Gasteiger partial charge on any atom is 0.414 e. The number of aliphatic carboxylic acids is 1. The Morgan fingerprint density at radius 3 is 2.50 bits per heavy atom. The fourth-order valence-electron chi connectivity index (χ4n) is 2.73. The van der Waals surface area contributed by atoms with Gasteiger partial charge in [-0.15, -0.1) is 0 Å². The number of hydrogen-bond acceptors (Lipinski definition) is 6. The van der Waals surface area contributed by atoms with Gasteiger partial charge in [-0.05, 0) is 31.0 Å². The summed E-state index contributed by atoms with van der Waals surface area (Å²) in [5, 5.41) is 9.34. The number of rotatable bonds is 8. The van der Waals surface area contributed by atoms with Crippen LogP contribution in [0, 0.1) is 0 Å². The van der Waals surface area contributed by atoms with Gasteiger partial charge < -0.3 is 14.6 Å². The van der Waals surface area contributed by atoms with Crippen LogP contribution in [0.4, 0.5) is 10.5 Å². The number of sulfone groups is 1. The highest BCUT2D eigenvalue weighted by atomic mass is 32.2. The lowest BCUT2D eigenvalue weighted by Crippen LogP contribution is -2.46. The molecule has 0 bridgehead atoms. The molecule has 1 unspecified atom stereocenters. The number of carbonyl (C=O) groups is 2. The fraction of sp³-hybridized carbons (Fsp3) is 0.529. The van der Waals surface area contributed by atoms with Crippen molar-refractivity contribution in [3.05, 3.63) is 29.8 Å². The number of carbonyl (C=O) groups excluding carboxylic acids is 1. The summed E-state index contributed by atoms with van der Waals surface area (Å²) < 4.78 is 32.0. The molecule has 1 aliphatic heterocycles. The van der Waals surface area contributed by atoms with Crippen molar-refractivity contribution in [2.24, 2.45) is 0 Å². The second kappa shape index (κ2) is 7.63. The van der Waals surface area contributed by atoms with E-state index in [1.165, 1.54) is 4.90 Å². The molecule has 1 aromatic rings. The Labute approximate surface area is 152 Å². The van der Waals surface area contributed by atoms with Crippen molar-refractivity contribution in [1.82, 2.24) is 0 Å². The maximum absolute atomic E-state index is 12.1. The summed E-state index contributed by atoms with van der Waals surface area (Å²) in [7, 11) is -2.27. The van der Waals surface area contributed by atoms with Crippen molar-refractivity contribution < 1.29 is 32.6 Å². The molecule has 8 nitrogen and oxygen atoms in total. The number of anilines is 1. The van der Waals surface area contributed by atoms with E-state index in [9.17, 15) is 23.1 Å². The monoisotopic (exact) mass is 385 g/mol. The predicted octanol–water partition coefficient (Wildman–Crippen LogP) is 1.48. The van der Waals surface area contributed by atoms with Crippen LogP contribution < -0.4 is 4.90 Å². The first kappa shape index (κ1) is 20.2. The van der Waals surface area contributed by atoms with Crippen LogP contribution in [-0.2, 0) is 30.5 Å². The number of cyclic esters (lactones) is 1. The first-order valence-corrected chi connectivity index (χ1v) is 9.96. The van der Waals surface area contributed by atoms with E-state index >= 15 is 0 Å². The molecular formula is C17H23NO7S. The third-order valence-electron chi connectivity index (χ3n) is 4.60. The molecule has 1 fully saturated rings. The topological polar surface area (TPSA) is 110 Å². The standard InChI is InChI=1S/C17H23NO7S/c1-17(15(19)20,26(3,22)23)10-14-11-18(16(21)25-14)13-6-4-12(5-7-13)8-9-24-2/h4-7,14H,8-11H2,1-3H3,(H,19,20)/t14-,17?/m0/s1. The molecule has 0 saturated carbocycles. The normalized spacial score (nSPS) is 19.9. The quantitative estimate of drug-likeness (QED) is 0.721. The molecule has 0 aromatic heterocycles. The fourth-order valence-corrected chi connectivity index (χ4v) is 3.54. The van der Waals surface area contributed by atoms with Crippen LogP contribution in [0.15, 0.2) is 24.3 Å². The van der Waals surface area contributed by atoms with Gasteiger partial charge in [0.2, 0.25) is 0 Å². The van der Waals surface area contributed by atoms with Gasteiger partial charge >= 0.3 is 12.1 Å². The number of carboxylic acid groups (broad SMARTS) is 1. The van der Waals surface area contributed by atoms with Crippen LogP contribution in [0.5, 0.6) is 0 Å². The van der Waals surface area contributed by atoms with Crippen LogP contribution in [0.1, 0.15) is 18.9 Å². The van der Waals surface area contributed by atoms with Gasteiger partial charge in [0.1, 0.15) is 6.10 Å². The van der Waals surface area contributed by atoms with Gasteiger partial charge in [0, 0.05) is 25.5 Å². The average molecular weight is 385 g/mol. The van der Waals surface area contributed by atoms with Gasteiger partial charge in [-0.1, -0.05) is 12.1 Å². The first-order valence-electron chi connectivity index (χ1n) is 8.07. The molecule has 0 aliphatic carbocycles. The molecule has 1 N–H and O–H groups in total. The van der Waals surface area contributed by atoms with Crippen molar-refractivity contribution in [3.8, 4) is 0 Å². The highest BCUT2D eigenvalue weighted by Crippen LogP contribution is 2.30. The van der Waals surface area contributed by atoms with E-state index in [2.05, 4.69) is 0 Å². The lowest BCUT2D eigenvalue weighted by molar-refractivity contribution is -0.140. The van der Waals surface area contributed by atoms with Gasteiger partial charge in [0.15, 0.2) is 14.6 Å². The molecule has 2 rings (SSSR count). The smallest absolute Gasteiger partial charge is 0.414 e. The largest absolute Gasteiger partial charge is 0.480 e. The summed E-state index contributed by atoms with van der Waals surface area (Å²) in [5.41, 5.74) is 1.66. The van der Waals surface area contributed by atoms with Gasteiger partial charge in [0.05, 0.1) is 13.2 Å². The van der Waals surface area contributed by atoms with Crippen LogP contribution in [0.2, 0.25) is 0 Å². The molecule has 1 heterocycles. The summed E-state index contributed by atoms with van der Waals surface area (Å²) in [6, 6.07) is 7.27. The molecule has 1 saturated heterocycles. The maximum atomic E-state index is 12.1. The predicted molar refractivity (Wildman–Crippen MR) is 95.1 cm³/mol. The van der Waals surface area contributed by atoms with Gasteiger partial charge in [-0.25, -0.2) is 13.2 Å². The Kier molecular flexibility index (Phi) is 5.92. The Morgan fingerprint density at radius 1 is 1.38 bits per heavy atom. The third-order valence-corrected chi connectivity index (χ3v) is 6.58. The van der Waals surface area contributed by atoms with Crippen molar-refractivity contribution >= 4 is 27.6 Å². The zero-order chi connectivity index (χ0) is 19.5. The number of ether oxygens (including phenoxy) is 2. The number of hydrogen-bond donors (Lipinski definition) is 1.